The van der Waals surface area contributed by atoms with Crippen LogP contribution in [0.5, 0.6) is 0 Å². The van der Waals surface area contributed by atoms with Gasteiger partial charge in [-0.15, -0.1) is 6.58 Å². The first-order chi connectivity index (χ1) is 1.91. The molecule has 0 aromatic carbocycles. The molecule has 26 valence electrons. The normalized spacial score (nSPS) is 7.40. The van der Waals surface area contributed by atoms with Crippen molar-refractivity contribution in [2.24, 2.45) is 0 Å². The van der Waals surface area contributed by atoms with Crippen molar-refractivity contribution in [3.8, 4) is 0 Å². The Labute approximate surface area is 47.7 Å². The average molecular weight is 82.1 g/mol. The van der Waals surface area contributed by atoms with Crippen molar-refractivity contribution in [2.45, 2.75) is 0 Å². The van der Waals surface area contributed by atoms with Gasteiger partial charge in [-0.1, -0.05) is 5.70 Å². The summed E-state index contributed by atoms with van der Waals surface area (Å²) in [6.45, 7) is 3.29. The van der Waals surface area contributed by atoms with Gasteiger partial charge < -0.3 is 6.22 Å². The summed E-state index contributed by atoms with van der Waals surface area (Å²) in [5, 5.41) is 0. The van der Waals surface area contributed by atoms with Gasteiger partial charge in [-0.2, -0.15) is 0 Å². The van der Waals surface area contributed by atoms with E-state index in [4.69, 9.17) is 4.80 Å². The molecule has 3 heteroatoms. The van der Waals surface area contributed by atoms with Crippen LogP contribution in [0.3, 0.4) is 0 Å². The Bertz CT molecular complexity index is 27.5. The molecule has 0 fully saturated rings. The van der Waals surface area contributed by atoms with Gasteiger partial charge in [0.05, 0.1) is 0 Å². The van der Waals surface area contributed by atoms with Crippen LogP contribution >= 0.6 is 0 Å². The van der Waals surface area contributed by atoms with Crippen LogP contribution in [-0.4, -0.2) is 14.6 Å². The van der Waals surface area contributed by atoms with Crippen LogP contribution in [0.4, 0.5) is 0 Å². The first kappa shape index (κ1) is 9.10. The molecule has 1 nitrogen and oxygen atoms in total. The first-order valence-corrected chi connectivity index (χ1v) is 2.58. The fourth-order valence-electron chi connectivity index (χ4n) is 0. The molecule has 0 aliphatic carbocycles. The van der Waals surface area contributed by atoms with Gasteiger partial charge in [0.25, 0.3) is 0 Å². The molecule has 0 aromatic heterocycles. The maximum Gasteiger partial charge on any atom is 1.00 e. The maximum absolute atomic E-state index is 7.90. The van der Waals surface area contributed by atoms with Crippen LogP contribution in [0.2, 0.25) is 0 Å². The van der Waals surface area contributed by atoms with Gasteiger partial charge in [0, 0.05) is 0 Å². The monoisotopic (exact) mass is 82.0 g/mol. The van der Waals surface area contributed by atoms with Crippen LogP contribution in [0, 0.1) is 0 Å². The van der Waals surface area contributed by atoms with Crippen molar-refractivity contribution in [3.05, 3.63) is 12.3 Å². The minimum absolute atomic E-state index is 0. The Morgan fingerprint density at radius 3 is 2.20 bits per heavy atom. The molecule has 0 atom stereocenters. The van der Waals surface area contributed by atoms with E-state index >= 15 is 0 Å². The molecule has 0 saturated carbocycles. The van der Waals surface area contributed by atoms with E-state index in [1.165, 1.54) is 0 Å². The fourth-order valence-corrected chi connectivity index (χ4v) is 0. The minimum Gasteiger partial charge on any atom is -1.00 e. The van der Waals surface area contributed by atoms with Crippen LogP contribution in [-0.2, 0) is 0 Å². The van der Waals surface area contributed by atoms with Crippen molar-refractivity contribution in [1.82, 2.24) is 0 Å². The van der Waals surface area contributed by atoms with E-state index in [1.807, 2.05) is 0 Å². The molecule has 0 aliphatic heterocycles. The largest absolute Gasteiger partial charge is 1.00 e. The number of hydrogen-bond acceptors (Lipinski definition) is 1. The van der Waals surface area contributed by atoms with E-state index in [1.54, 1.807) is 5.70 Å². The molecular weight excluding hydrogens is 75.0 g/mol. The molecule has 0 bridgehead atoms. The zero-order valence-electron chi connectivity index (χ0n) is 4.44. The Morgan fingerprint density at radius 2 is 2.20 bits per heavy atom. The van der Waals surface area contributed by atoms with E-state index in [-0.39, 0.29) is 20.3 Å². The minimum atomic E-state index is -0.812. The van der Waals surface area contributed by atoms with Gasteiger partial charge >= 0.3 is 18.9 Å². The third kappa shape index (κ3) is 12.4. The summed E-state index contributed by atoms with van der Waals surface area (Å²) in [6.07, 6.45) is 0. The average Bonchev–Trinajstić information content (AvgIpc) is 1.37. The van der Waals surface area contributed by atoms with E-state index in [0.717, 1.165) is 0 Å². The molecule has 0 saturated heterocycles. The summed E-state index contributed by atoms with van der Waals surface area (Å²) in [5.74, 6) is 0. The predicted octanol–water partition coefficient (Wildman–Crippen LogP) is -3.68. The topological polar surface area (TPSA) is 20.2 Å². The smallest absolute Gasteiger partial charge is 1.00 e. The fraction of sp³-hybridized carbons (Fsp3) is 0. The predicted molar refractivity (Wildman–Crippen MR) is 22.1 cm³/mol. The molecule has 0 radical (unpaired) electrons. The molecule has 0 unspecified atom stereocenters. The Balaban J connectivity index is -0.0000000450. The molecule has 0 rings (SSSR count). The zero-order valence-corrected chi connectivity index (χ0v) is 4.85. The third-order valence-electron chi connectivity index (χ3n) is 0.129. The van der Waals surface area contributed by atoms with Gasteiger partial charge in [0.15, 0.2) is 9.76 Å². The second-order valence-corrected chi connectivity index (χ2v) is 1.41. The number of rotatable bonds is 1. The first-order valence-electron chi connectivity index (χ1n) is 1.13. The molecule has 0 heterocycles. The van der Waals surface area contributed by atoms with Gasteiger partial charge in [-0.3, -0.25) is 0 Å². The molecule has 0 amide bonds. The molecule has 0 spiro atoms. The van der Waals surface area contributed by atoms with Crippen LogP contribution in [0.15, 0.2) is 12.3 Å². The molecule has 0 aliphatic rings. The van der Waals surface area contributed by atoms with Crippen molar-refractivity contribution < 1.29 is 25.1 Å². The summed E-state index contributed by atoms with van der Waals surface area (Å²) in [7, 11) is -0.812. The summed E-state index contributed by atoms with van der Waals surface area (Å²) in [5.41, 5.74) is 1.57. The van der Waals surface area contributed by atoms with Gasteiger partial charge in [0.1, 0.15) is 0 Å². The second-order valence-electron chi connectivity index (χ2n) is 0.471. The zero-order chi connectivity index (χ0) is 3.41. The Morgan fingerprint density at radius 1 is 2.00 bits per heavy atom. The Hall–Kier alpha value is 0.514. The van der Waals surface area contributed by atoms with Gasteiger partial charge in [-0.25, -0.2) is 0 Å². The Kier molecular flexibility index (Phi) is 16.0. The maximum atomic E-state index is 7.90. The summed E-state index contributed by atoms with van der Waals surface area (Å²) in [6, 6.07) is 0. The van der Waals surface area contributed by atoms with Crippen LogP contribution in [0.1, 0.15) is 1.43 Å². The van der Waals surface area contributed by atoms with Crippen molar-refractivity contribution >= 4 is 9.76 Å². The van der Waals surface area contributed by atoms with E-state index in [2.05, 4.69) is 6.58 Å². The molecule has 0 aromatic rings. The van der Waals surface area contributed by atoms with Gasteiger partial charge in [0.2, 0.25) is 0 Å². The van der Waals surface area contributed by atoms with Gasteiger partial charge in [-0.05, 0) is 0 Å². The molecule has 5 heavy (non-hydrogen) atoms. The van der Waals surface area contributed by atoms with E-state index in [9.17, 15) is 0 Å². The SMILES string of the molecule is C=C[SiH2]O.[H-].[Li+]. The second kappa shape index (κ2) is 8.82. The summed E-state index contributed by atoms with van der Waals surface area (Å²) < 4.78 is 0. The number of hydrogen-bond donors (Lipinski definition) is 1. The van der Waals surface area contributed by atoms with Crippen molar-refractivity contribution in [3.63, 3.8) is 0 Å². The van der Waals surface area contributed by atoms with Crippen molar-refractivity contribution in [1.29, 1.82) is 0 Å². The van der Waals surface area contributed by atoms with Crippen LogP contribution < -0.4 is 18.9 Å². The molecule has 1 N–H and O–H groups in total. The third-order valence-corrected chi connectivity index (χ3v) is 0.387. The van der Waals surface area contributed by atoms with Crippen LogP contribution in [0.25, 0.3) is 0 Å². The summed E-state index contributed by atoms with van der Waals surface area (Å²) >= 11 is 0. The molecular formula is C2H7LiOSi. The van der Waals surface area contributed by atoms with Crippen molar-refractivity contribution in [2.75, 3.05) is 0 Å². The van der Waals surface area contributed by atoms with E-state index < -0.39 is 9.76 Å². The standard InChI is InChI=1S/C2H6OSi.Li.H/c1-2-4-3;;/h2-3H,1,4H2;;/q;+1;-1. The quantitative estimate of drug-likeness (QED) is 0.323. The van der Waals surface area contributed by atoms with E-state index in [0.29, 0.717) is 0 Å². The summed E-state index contributed by atoms with van der Waals surface area (Å²) in [4.78, 5) is 7.90.